The molecule has 2 atom stereocenters. The lowest BCUT2D eigenvalue weighted by molar-refractivity contribution is -0.117. The van der Waals surface area contributed by atoms with E-state index in [9.17, 15) is 4.79 Å². The minimum Gasteiger partial charge on any atom is -0.326 e. The van der Waals surface area contributed by atoms with E-state index in [4.69, 9.17) is 0 Å². The zero-order valence-electron chi connectivity index (χ0n) is 11.9. The van der Waals surface area contributed by atoms with Crippen molar-refractivity contribution in [1.29, 1.82) is 0 Å². The number of rotatable bonds is 4. The molecule has 1 aromatic carbocycles. The fraction of sp³-hybridized carbons (Fsp3) is 0.562. The van der Waals surface area contributed by atoms with Gasteiger partial charge in [0.15, 0.2) is 0 Å². The van der Waals surface area contributed by atoms with Gasteiger partial charge in [-0.1, -0.05) is 24.6 Å². The van der Waals surface area contributed by atoms with Crippen molar-refractivity contribution in [1.82, 2.24) is 4.90 Å². The van der Waals surface area contributed by atoms with Gasteiger partial charge in [0, 0.05) is 24.2 Å². The van der Waals surface area contributed by atoms with E-state index in [2.05, 4.69) is 24.1 Å². The van der Waals surface area contributed by atoms with Gasteiger partial charge < -0.3 is 5.32 Å². The summed E-state index contributed by atoms with van der Waals surface area (Å²) >= 11 is 0. The fourth-order valence-corrected chi connectivity index (χ4v) is 2.89. The first-order valence-corrected chi connectivity index (χ1v) is 7.27. The van der Waals surface area contributed by atoms with Crippen molar-refractivity contribution < 1.29 is 4.79 Å². The summed E-state index contributed by atoms with van der Waals surface area (Å²) in [5, 5.41) is 2.96. The smallest absolute Gasteiger partial charge is 0.225 e. The molecule has 3 heteroatoms. The molecule has 0 saturated carbocycles. The van der Waals surface area contributed by atoms with Crippen molar-refractivity contribution in [3.8, 4) is 0 Å². The lowest BCUT2D eigenvalue weighted by Crippen LogP contribution is -2.44. The largest absolute Gasteiger partial charge is 0.326 e. The van der Waals surface area contributed by atoms with Gasteiger partial charge in [0.25, 0.3) is 0 Å². The summed E-state index contributed by atoms with van der Waals surface area (Å²) in [5.74, 6) is 0.108. The number of nitrogens with one attached hydrogen (secondary N) is 1. The number of amides is 1. The highest BCUT2D eigenvalue weighted by Crippen LogP contribution is 2.20. The quantitative estimate of drug-likeness (QED) is 0.901. The monoisotopic (exact) mass is 260 g/mol. The molecule has 104 valence electrons. The number of anilines is 1. The Morgan fingerprint density at radius 3 is 2.79 bits per heavy atom. The van der Waals surface area contributed by atoms with Crippen molar-refractivity contribution in [2.75, 3.05) is 11.9 Å². The maximum absolute atomic E-state index is 12.0. The number of hydrogen-bond donors (Lipinski definition) is 1. The molecule has 0 spiro atoms. The van der Waals surface area contributed by atoms with Gasteiger partial charge in [-0.15, -0.1) is 0 Å². The van der Waals surface area contributed by atoms with Crippen LogP contribution in [-0.2, 0) is 4.79 Å². The molecule has 1 saturated heterocycles. The van der Waals surface area contributed by atoms with Gasteiger partial charge in [-0.2, -0.15) is 0 Å². The Labute approximate surface area is 116 Å². The van der Waals surface area contributed by atoms with Crippen LogP contribution >= 0.6 is 0 Å². The van der Waals surface area contributed by atoms with E-state index >= 15 is 0 Å². The maximum atomic E-state index is 12.0. The van der Waals surface area contributed by atoms with Crippen molar-refractivity contribution in [2.45, 2.75) is 51.6 Å². The van der Waals surface area contributed by atoms with Crippen LogP contribution in [0.4, 0.5) is 5.69 Å². The molecule has 1 amide bonds. The highest BCUT2D eigenvalue weighted by molar-refractivity contribution is 5.91. The SMILES string of the molecule is C[C@@H]1CCCCN1[C@H](C)CC(=O)Nc1ccccc1. The molecule has 1 N–H and O–H groups in total. The Balaban J connectivity index is 1.84. The third kappa shape index (κ3) is 4.06. The molecule has 2 rings (SSSR count). The summed E-state index contributed by atoms with van der Waals surface area (Å²) < 4.78 is 0. The number of nitrogens with zero attached hydrogens (tertiary/aromatic N) is 1. The average molecular weight is 260 g/mol. The van der Waals surface area contributed by atoms with Gasteiger partial charge in [0.1, 0.15) is 0 Å². The third-order valence-electron chi connectivity index (χ3n) is 3.96. The molecule has 0 bridgehead atoms. The van der Waals surface area contributed by atoms with Crippen molar-refractivity contribution >= 4 is 11.6 Å². The Kier molecular flexibility index (Phi) is 4.97. The van der Waals surface area contributed by atoms with E-state index in [0.717, 1.165) is 12.2 Å². The van der Waals surface area contributed by atoms with Gasteiger partial charge in [-0.3, -0.25) is 9.69 Å². The molecule has 1 aromatic rings. The van der Waals surface area contributed by atoms with Crippen LogP contribution < -0.4 is 5.32 Å². The molecule has 0 aliphatic carbocycles. The van der Waals surface area contributed by atoms with Gasteiger partial charge in [0.05, 0.1) is 0 Å². The standard InChI is InChI=1S/C16H24N2O/c1-13-8-6-7-11-18(13)14(2)12-16(19)17-15-9-4-3-5-10-15/h3-5,9-10,13-14H,6-8,11-12H2,1-2H3,(H,17,19)/t13-,14-/m1/s1. The van der Waals surface area contributed by atoms with Crippen LogP contribution in [0.3, 0.4) is 0 Å². The van der Waals surface area contributed by atoms with Gasteiger partial charge >= 0.3 is 0 Å². The van der Waals surface area contributed by atoms with E-state index in [-0.39, 0.29) is 5.91 Å². The molecule has 1 aliphatic rings. The lowest BCUT2D eigenvalue weighted by atomic mass is 10.0. The second kappa shape index (κ2) is 6.71. The van der Waals surface area contributed by atoms with Crippen LogP contribution in [-0.4, -0.2) is 29.4 Å². The maximum Gasteiger partial charge on any atom is 0.225 e. The van der Waals surface area contributed by atoms with Crippen LogP contribution in [0.1, 0.15) is 39.5 Å². The molecular weight excluding hydrogens is 236 g/mol. The van der Waals surface area contributed by atoms with Crippen LogP contribution in [0.2, 0.25) is 0 Å². The topological polar surface area (TPSA) is 32.3 Å². The van der Waals surface area contributed by atoms with E-state index in [1.54, 1.807) is 0 Å². The molecule has 0 radical (unpaired) electrons. The molecular formula is C16H24N2O. The van der Waals surface area contributed by atoms with Gasteiger partial charge in [-0.05, 0) is 45.4 Å². The fourth-order valence-electron chi connectivity index (χ4n) is 2.89. The second-order valence-corrected chi connectivity index (χ2v) is 5.55. The zero-order valence-corrected chi connectivity index (χ0v) is 11.9. The molecule has 1 aliphatic heterocycles. The van der Waals surface area contributed by atoms with E-state index in [1.165, 1.54) is 19.3 Å². The average Bonchev–Trinajstić information content (AvgIpc) is 2.40. The van der Waals surface area contributed by atoms with Crippen LogP contribution in [0.15, 0.2) is 30.3 Å². The normalized spacial score (nSPS) is 21.9. The minimum absolute atomic E-state index is 0.108. The Hall–Kier alpha value is -1.35. The summed E-state index contributed by atoms with van der Waals surface area (Å²) in [4.78, 5) is 14.5. The van der Waals surface area contributed by atoms with Crippen LogP contribution in [0.25, 0.3) is 0 Å². The highest BCUT2D eigenvalue weighted by atomic mass is 16.1. The van der Waals surface area contributed by atoms with E-state index in [1.807, 2.05) is 30.3 Å². The van der Waals surface area contributed by atoms with E-state index in [0.29, 0.717) is 18.5 Å². The summed E-state index contributed by atoms with van der Waals surface area (Å²) in [6, 6.07) is 10.6. The number of hydrogen-bond acceptors (Lipinski definition) is 2. The first-order valence-electron chi connectivity index (χ1n) is 7.27. The number of piperidine rings is 1. The first-order chi connectivity index (χ1) is 9.16. The molecule has 1 heterocycles. The summed E-state index contributed by atoms with van der Waals surface area (Å²) in [7, 11) is 0. The summed E-state index contributed by atoms with van der Waals surface area (Å²) in [5.41, 5.74) is 0.881. The Morgan fingerprint density at radius 2 is 2.11 bits per heavy atom. The highest BCUT2D eigenvalue weighted by Gasteiger charge is 2.24. The number of benzene rings is 1. The number of carbonyl (C=O) groups excluding carboxylic acids is 1. The molecule has 0 aromatic heterocycles. The Bertz CT molecular complexity index is 404. The van der Waals surface area contributed by atoms with Crippen molar-refractivity contribution in [2.24, 2.45) is 0 Å². The van der Waals surface area contributed by atoms with Crippen LogP contribution in [0.5, 0.6) is 0 Å². The Morgan fingerprint density at radius 1 is 1.37 bits per heavy atom. The zero-order chi connectivity index (χ0) is 13.7. The summed E-state index contributed by atoms with van der Waals surface area (Å²) in [6.07, 6.45) is 4.40. The van der Waals surface area contributed by atoms with Gasteiger partial charge in [-0.25, -0.2) is 0 Å². The first kappa shape index (κ1) is 14.1. The van der Waals surface area contributed by atoms with Crippen molar-refractivity contribution in [3.05, 3.63) is 30.3 Å². The lowest BCUT2D eigenvalue weighted by Gasteiger charge is -2.37. The molecule has 1 fully saturated rings. The number of carbonyl (C=O) groups is 1. The van der Waals surface area contributed by atoms with Crippen molar-refractivity contribution in [3.63, 3.8) is 0 Å². The second-order valence-electron chi connectivity index (χ2n) is 5.55. The molecule has 19 heavy (non-hydrogen) atoms. The predicted molar refractivity (Wildman–Crippen MR) is 79.2 cm³/mol. The predicted octanol–water partition coefficient (Wildman–Crippen LogP) is 3.28. The van der Waals surface area contributed by atoms with Crippen LogP contribution in [0, 0.1) is 0 Å². The molecule has 0 unspecified atom stereocenters. The number of likely N-dealkylation sites (tertiary alicyclic amines) is 1. The van der Waals surface area contributed by atoms with E-state index < -0.39 is 0 Å². The molecule has 3 nitrogen and oxygen atoms in total. The third-order valence-corrected chi connectivity index (χ3v) is 3.96. The van der Waals surface area contributed by atoms with Gasteiger partial charge in [0.2, 0.25) is 5.91 Å². The summed E-state index contributed by atoms with van der Waals surface area (Å²) in [6.45, 7) is 5.55. The number of para-hydroxylation sites is 1. The minimum atomic E-state index is 0.108.